The highest BCUT2D eigenvalue weighted by molar-refractivity contribution is 7.90. The molecule has 6 nitrogen and oxygen atoms in total. The molecule has 0 spiro atoms. The van der Waals surface area contributed by atoms with E-state index in [4.69, 9.17) is 0 Å². The molecular formula is C17H19N3O3S. The third-order valence-electron chi connectivity index (χ3n) is 4.04. The van der Waals surface area contributed by atoms with E-state index in [0.717, 1.165) is 5.56 Å². The Hall–Kier alpha value is -2.41. The third-order valence-corrected chi connectivity index (χ3v) is 5.19. The van der Waals surface area contributed by atoms with Crippen molar-refractivity contribution in [1.29, 1.82) is 0 Å². The van der Waals surface area contributed by atoms with Gasteiger partial charge >= 0.3 is 0 Å². The molecule has 0 radical (unpaired) electrons. The van der Waals surface area contributed by atoms with E-state index in [1.807, 2.05) is 37.3 Å². The van der Waals surface area contributed by atoms with Crippen molar-refractivity contribution in [3.05, 3.63) is 59.8 Å². The fourth-order valence-corrected chi connectivity index (χ4v) is 3.62. The number of amides is 1. The number of carbonyl (C=O) groups excluding carboxylic acids is 1. The zero-order valence-corrected chi connectivity index (χ0v) is 14.2. The Bertz CT molecular complexity index is 826. The van der Waals surface area contributed by atoms with Gasteiger partial charge in [-0.05, 0) is 23.6 Å². The Kier molecular flexibility index (Phi) is 4.53. The SMILES string of the molecule is CC(CNC(=O)C1=CC=CN2CCS(=O)(=O)N=C12)c1ccccc1. The Labute approximate surface area is 141 Å². The van der Waals surface area contributed by atoms with E-state index in [-0.39, 0.29) is 29.0 Å². The molecule has 24 heavy (non-hydrogen) atoms. The summed E-state index contributed by atoms with van der Waals surface area (Å²) in [7, 11) is -3.50. The Balaban J connectivity index is 1.72. The number of benzene rings is 1. The number of carbonyl (C=O) groups is 1. The van der Waals surface area contributed by atoms with E-state index in [2.05, 4.69) is 9.71 Å². The van der Waals surface area contributed by atoms with Crippen LogP contribution in [-0.4, -0.2) is 43.9 Å². The maximum Gasteiger partial charge on any atom is 0.256 e. The van der Waals surface area contributed by atoms with Crippen molar-refractivity contribution in [3.63, 3.8) is 0 Å². The van der Waals surface area contributed by atoms with Gasteiger partial charge in [-0.15, -0.1) is 4.40 Å². The minimum Gasteiger partial charge on any atom is -0.351 e. The van der Waals surface area contributed by atoms with E-state index in [1.54, 1.807) is 23.3 Å². The Morgan fingerprint density at radius 2 is 2.08 bits per heavy atom. The molecule has 1 unspecified atom stereocenters. The second-order valence-corrected chi connectivity index (χ2v) is 7.59. The first kappa shape index (κ1) is 16.4. The molecule has 1 aromatic carbocycles. The zero-order chi connectivity index (χ0) is 17.2. The quantitative estimate of drug-likeness (QED) is 0.895. The molecule has 3 rings (SSSR count). The second-order valence-electron chi connectivity index (χ2n) is 5.84. The number of rotatable bonds is 4. The summed E-state index contributed by atoms with van der Waals surface area (Å²) in [6.07, 6.45) is 5.06. The van der Waals surface area contributed by atoms with Crippen LogP contribution in [0.15, 0.2) is 58.7 Å². The summed E-state index contributed by atoms with van der Waals surface area (Å²) in [5.41, 5.74) is 1.41. The molecule has 2 heterocycles. The number of hydrogen-bond acceptors (Lipinski definition) is 4. The fourth-order valence-electron chi connectivity index (χ4n) is 2.63. The normalized spacial score (nSPS) is 19.8. The topological polar surface area (TPSA) is 78.8 Å². The van der Waals surface area contributed by atoms with E-state index in [9.17, 15) is 13.2 Å². The molecule has 0 fully saturated rings. The van der Waals surface area contributed by atoms with Gasteiger partial charge in [0.25, 0.3) is 15.9 Å². The number of amidine groups is 1. The first-order valence-electron chi connectivity index (χ1n) is 7.77. The molecule has 1 N–H and O–H groups in total. The summed E-state index contributed by atoms with van der Waals surface area (Å²) in [5.74, 6) is 0.000411. The summed E-state index contributed by atoms with van der Waals surface area (Å²) < 4.78 is 27.2. The number of fused-ring (bicyclic) bond motifs is 1. The summed E-state index contributed by atoms with van der Waals surface area (Å²) in [5, 5.41) is 2.87. The highest BCUT2D eigenvalue weighted by atomic mass is 32.2. The molecule has 0 aromatic heterocycles. The average molecular weight is 345 g/mol. The van der Waals surface area contributed by atoms with Crippen LogP contribution in [0.25, 0.3) is 0 Å². The molecule has 1 amide bonds. The number of nitrogens with zero attached hydrogens (tertiary/aromatic N) is 2. The van der Waals surface area contributed by atoms with Crippen LogP contribution in [0.1, 0.15) is 18.4 Å². The number of hydrogen-bond donors (Lipinski definition) is 1. The monoisotopic (exact) mass is 345 g/mol. The van der Waals surface area contributed by atoms with Crippen LogP contribution >= 0.6 is 0 Å². The fraction of sp³-hybridized carbons (Fsp3) is 0.294. The van der Waals surface area contributed by atoms with Gasteiger partial charge in [0.15, 0.2) is 5.84 Å². The summed E-state index contributed by atoms with van der Waals surface area (Å²) in [4.78, 5) is 14.2. The molecule has 126 valence electrons. The van der Waals surface area contributed by atoms with Gasteiger partial charge in [0.1, 0.15) is 0 Å². The van der Waals surface area contributed by atoms with Gasteiger partial charge in [-0.1, -0.05) is 37.3 Å². The van der Waals surface area contributed by atoms with Gasteiger partial charge in [0.2, 0.25) is 0 Å². The molecule has 1 atom stereocenters. The van der Waals surface area contributed by atoms with Gasteiger partial charge in [0, 0.05) is 19.3 Å². The summed E-state index contributed by atoms with van der Waals surface area (Å²) in [6.45, 7) is 2.80. The lowest BCUT2D eigenvalue weighted by molar-refractivity contribution is -0.117. The van der Waals surface area contributed by atoms with Crippen LogP contribution in [0.3, 0.4) is 0 Å². The summed E-state index contributed by atoms with van der Waals surface area (Å²) >= 11 is 0. The Morgan fingerprint density at radius 3 is 2.83 bits per heavy atom. The highest BCUT2D eigenvalue weighted by Gasteiger charge is 2.29. The van der Waals surface area contributed by atoms with Crippen molar-refractivity contribution in [2.45, 2.75) is 12.8 Å². The van der Waals surface area contributed by atoms with E-state index in [0.29, 0.717) is 13.1 Å². The van der Waals surface area contributed by atoms with Crippen molar-refractivity contribution in [2.75, 3.05) is 18.8 Å². The minimum absolute atomic E-state index is 0.0409. The third kappa shape index (κ3) is 3.56. The second kappa shape index (κ2) is 6.60. The number of nitrogens with one attached hydrogen (secondary N) is 1. The Morgan fingerprint density at radius 1 is 1.33 bits per heavy atom. The first-order valence-corrected chi connectivity index (χ1v) is 9.38. The molecule has 2 aliphatic heterocycles. The number of allylic oxidation sites excluding steroid dienone is 2. The standard InChI is InChI=1S/C17H19N3O3S/c1-13(14-6-3-2-4-7-14)12-18-17(21)15-8-5-9-20-10-11-24(22,23)19-16(15)20/h2-9,13H,10-12H2,1H3,(H,18,21). The number of sulfonamides is 1. The molecule has 0 bridgehead atoms. The molecule has 1 aromatic rings. The van der Waals surface area contributed by atoms with Crippen LogP contribution < -0.4 is 5.32 Å². The van der Waals surface area contributed by atoms with Gasteiger partial charge in [-0.25, -0.2) is 8.42 Å². The lowest BCUT2D eigenvalue weighted by atomic mass is 10.0. The van der Waals surface area contributed by atoms with Crippen LogP contribution in [0.5, 0.6) is 0 Å². The predicted octanol–water partition coefficient (Wildman–Crippen LogP) is 1.40. The van der Waals surface area contributed by atoms with Crippen molar-refractivity contribution in [1.82, 2.24) is 10.2 Å². The van der Waals surface area contributed by atoms with Crippen LogP contribution in [-0.2, 0) is 14.8 Å². The van der Waals surface area contributed by atoms with Crippen molar-refractivity contribution in [2.24, 2.45) is 4.40 Å². The predicted molar refractivity (Wildman–Crippen MR) is 93.0 cm³/mol. The van der Waals surface area contributed by atoms with Crippen molar-refractivity contribution in [3.8, 4) is 0 Å². The van der Waals surface area contributed by atoms with Gasteiger partial charge in [-0.3, -0.25) is 4.79 Å². The van der Waals surface area contributed by atoms with Gasteiger partial charge in [-0.2, -0.15) is 0 Å². The molecule has 7 heteroatoms. The van der Waals surface area contributed by atoms with E-state index in [1.165, 1.54) is 0 Å². The smallest absolute Gasteiger partial charge is 0.256 e. The lowest BCUT2D eigenvalue weighted by Gasteiger charge is -2.28. The van der Waals surface area contributed by atoms with Crippen molar-refractivity contribution >= 4 is 21.8 Å². The maximum absolute atomic E-state index is 12.5. The van der Waals surface area contributed by atoms with Crippen LogP contribution in [0, 0.1) is 0 Å². The van der Waals surface area contributed by atoms with E-state index >= 15 is 0 Å². The maximum atomic E-state index is 12.5. The zero-order valence-electron chi connectivity index (χ0n) is 13.3. The van der Waals surface area contributed by atoms with Gasteiger partial charge < -0.3 is 10.2 Å². The first-order chi connectivity index (χ1) is 11.5. The molecule has 0 saturated carbocycles. The lowest BCUT2D eigenvalue weighted by Crippen LogP contribution is -2.42. The summed E-state index contributed by atoms with van der Waals surface area (Å²) in [6, 6.07) is 9.89. The van der Waals surface area contributed by atoms with Crippen LogP contribution in [0.2, 0.25) is 0 Å². The van der Waals surface area contributed by atoms with Crippen molar-refractivity contribution < 1.29 is 13.2 Å². The van der Waals surface area contributed by atoms with E-state index < -0.39 is 10.0 Å². The molecule has 0 aliphatic carbocycles. The molecule has 0 saturated heterocycles. The molecular weight excluding hydrogens is 326 g/mol. The highest BCUT2D eigenvalue weighted by Crippen LogP contribution is 2.18. The van der Waals surface area contributed by atoms with Crippen LogP contribution in [0.4, 0.5) is 0 Å². The van der Waals surface area contributed by atoms with Gasteiger partial charge in [0.05, 0.1) is 11.3 Å². The average Bonchev–Trinajstić information content (AvgIpc) is 2.59. The largest absolute Gasteiger partial charge is 0.351 e. The minimum atomic E-state index is -3.50. The molecule has 2 aliphatic rings.